The lowest BCUT2D eigenvalue weighted by Crippen LogP contribution is -2.51. The third-order valence-corrected chi connectivity index (χ3v) is 7.89. The van der Waals surface area contributed by atoms with Crippen molar-refractivity contribution in [3.8, 4) is 16.9 Å². The summed E-state index contributed by atoms with van der Waals surface area (Å²) in [5.74, 6) is 1.07. The molecule has 0 unspecified atom stereocenters. The molecule has 0 spiro atoms. The number of nitrogens with zero attached hydrogens (tertiary/aromatic N) is 2. The topological polar surface area (TPSA) is 43.7 Å². The van der Waals surface area contributed by atoms with E-state index in [0.717, 1.165) is 59.4 Å². The van der Waals surface area contributed by atoms with Gasteiger partial charge in [-0.25, -0.2) is 4.39 Å². The van der Waals surface area contributed by atoms with Crippen LogP contribution in [0.25, 0.3) is 22.0 Å². The first kappa shape index (κ1) is 24.7. The molecule has 5 nitrogen and oxygen atoms in total. The molecule has 0 saturated carbocycles. The number of benzene rings is 3. The Bertz CT molecular complexity index is 1420. The number of fused-ring (bicyclic) bond motifs is 1. The van der Waals surface area contributed by atoms with Crippen LogP contribution in [-0.4, -0.2) is 41.7 Å². The number of hydrogen-bond acceptors (Lipinski definition) is 3. The van der Waals surface area contributed by atoms with E-state index in [1.807, 2.05) is 54.3 Å². The molecule has 1 amide bonds. The van der Waals surface area contributed by atoms with Crippen LogP contribution in [0.3, 0.4) is 0 Å². The number of aromatic nitrogens is 1. The minimum absolute atomic E-state index is 0.154. The lowest BCUT2D eigenvalue weighted by molar-refractivity contribution is -0.136. The Kier molecular flexibility index (Phi) is 6.90. The van der Waals surface area contributed by atoms with Crippen molar-refractivity contribution in [2.45, 2.75) is 44.8 Å². The molecule has 0 radical (unpaired) electrons. The van der Waals surface area contributed by atoms with Gasteiger partial charge in [0, 0.05) is 55.3 Å². The Balaban J connectivity index is 1.53. The number of rotatable bonds is 7. The molecule has 0 aliphatic carbocycles. The number of halogens is 1. The van der Waals surface area contributed by atoms with Crippen molar-refractivity contribution in [3.05, 3.63) is 89.9 Å². The summed E-state index contributed by atoms with van der Waals surface area (Å²) in [5.41, 5.74) is 5.54. The molecular formula is C32H33FN2O3. The van der Waals surface area contributed by atoms with E-state index in [4.69, 9.17) is 9.47 Å². The molecule has 2 aliphatic rings. The van der Waals surface area contributed by atoms with Crippen LogP contribution in [0.2, 0.25) is 0 Å². The highest BCUT2D eigenvalue weighted by atomic mass is 19.1. The normalized spacial score (nSPS) is 16.5. The largest absolute Gasteiger partial charge is 0.487 e. The molecule has 4 aromatic rings. The van der Waals surface area contributed by atoms with Crippen molar-refractivity contribution < 1.29 is 18.7 Å². The van der Waals surface area contributed by atoms with Gasteiger partial charge in [-0.1, -0.05) is 61.5 Å². The van der Waals surface area contributed by atoms with Crippen LogP contribution in [0.5, 0.6) is 5.75 Å². The molecule has 6 rings (SSSR count). The first-order valence-electron chi connectivity index (χ1n) is 13.6. The zero-order chi connectivity index (χ0) is 26.1. The number of amides is 1. The quantitative estimate of drug-likeness (QED) is 0.276. The number of likely N-dealkylation sites (tertiary alicyclic amines) is 1. The average molecular weight is 513 g/mol. The summed E-state index contributed by atoms with van der Waals surface area (Å²) in [5, 5.41) is 1.10. The molecular weight excluding hydrogens is 479 g/mol. The Morgan fingerprint density at radius 2 is 1.71 bits per heavy atom. The fourth-order valence-electron chi connectivity index (χ4n) is 5.92. The van der Waals surface area contributed by atoms with Crippen molar-refractivity contribution in [3.63, 3.8) is 0 Å². The van der Waals surface area contributed by atoms with Crippen LogP contribution in [0.4, 0.5) is 4.39 Å². The number of para-hydroxylation sites is 1. The van der Waals surface area contributed by atoms with Crippen molar-refractivity contribution in [2.75, 3.05) is 26.3 Å². The maximum atomic E-state index is 14.0. The lowest BCUT2D eigenvalue weighted by Gasteiger charge is -2.42. The zero-order valence-corrected chi connectivity index (χ0v) is 21.7. The van der Waals surface area contributed by atoms with Gasteiger partial charge in [-0.3, -0.25) is 4.79 Å². The van der Waals surface area contributed by atoms with E-state index in [9.17, 15) is 9.18 Å². The summed E-state index contributed by atoms with van der Waals surface area (Å²) in [7, 11) is 0. The van der Waals surface area contributed by atoms with E-state index in [0.29, 0.717) is 32.0 Å². The fraction of sp³-hybridized carbons (Fsp3) is 0.344. The van der Waals surface area contributed by atoms with Gasteiger partial charge in [-0.2, -0.15) is 0 Å². The van der Waals surface area contributed by atoms with Gasteiger partial charge in [0.1, 0.15) is 18.2 Å². The van der Waals surface area contributed by atoms with E-state index in [2.05, 4.69) is 22.8 Å². The second-order valence-electron chi connectivity index (χ2n) is 10.3. The highest BCUT2D eigenvalue weighted by Gasteiger charge is 2.37. The van der Waals surface area contributed by atoms with E-state index < -0.39 is 0 Å². The molecule has 0 N–H and O–H groups in total. The first-order chi connectivity index (χ1) is 18.6. The number of hydrogen-bond donors (Lipinski definition) is 0. The standard InChI is InChI=1S/C32H33FN2O3/c1-2-29(36)34-19-26(20-34)35-31(24-15-17-37-18-16-24)30(23-11-13-25(33)14-12-23)27-9-6-10-28(32(27)35)38-21-22-7-4-3-5-8-22/h3-14,24,26H,2,15-21H2,1H3. The van der Waals surface area contributed by atoms with E-state index in [-0.39, 0.29) is 17.8 Å². The van der Waals surface area contributed by atoms with Gasteiger partial charge in [0.15, 0.2) is 0 Å². The predicted octanol–water partition coefficient (Wildman–Crippen LogP) is 6.71. The maximum absolute atomic E-state index is 14.0. The van der Waals surface area contributed by atoms with Gasteiger partial charge >= 0.3 is 0 Å². The predicted molar refractivity (Wildman–Crippen MR) is 147 cm³/mol. The molecule has 1 aromatic heterocycles. The first-order valence-corrected chi connectivity index (χ1v) is 13.6. The summed E-state index contributed by atoms with van der Waals surface area (Å²) in [6.45, 7) is 5.19. The minimum Gasteiger partial charge on any atom is -0.487 e. The summed E-state index contributed by atoms with van der Waals surface area (Å²) in [6.07, 6.45) is 2.36. The Labute approximate surface area is 222 Å². The zero-order valence-electron chi connectivity index (χ0n) is 21.7. The van der Waals surface area contributed by atoms with Crippen molar-refractivity contribution >= 4 is 16.8 Å². The second-order valence-corrected chi connectivity index (χ2v) is 10.3. The van der Waals surface area contributed by atoms with Crippen LogP contribution in [0, 0.1) is 5.82 Å². The monoisotopic (exact) mass is 512 g/mol. The second kappa shape index (κ2) is 10.6. The SMILES string of the molecule is CCC(=O)N1CC(n2c(C3CCOCC3)c(-c3ccc(F)cc3)c3cccc(OCc4ccccc4)c32)C1. The third-order valence-electron chi connectivity index (χ3n) is 7.89. The molecule has 0 bridgehead atoms. The summed E-state index contributed by atoms with van der Waals surface area (Å²) in [4.78, 5) is 14.4. The molecule has 196 valence electrons. The van der Waals surface area contributed by atoms with Crippen molar-refractivity contribution in [1.82, 2.24) is 9.47 Å². The van der Waals surface area contributed by atoms with E-state index in [1.165, 1.54) is 17.8 Å². The summed E-state index contributed by atoms with van der Waals surface area (Å²) >= 11 is 0. The summed E-state index contributed by atoms with van der Waals surface area (Å²) in [6, 6.07) is 23.4. The van der Waals surface area contributed by atoms with E-state index >= 15 is 0 Å². The molecule has 2 aliphatic heterocycles. The van der Waals surface area contributed by atoms with Crippen molar-refractivity contribution in [2.24, 2.45) is 0 Å². The Hall–Kier alpha value is -3.64. The maximum Gasteiger partial charge on any atom is 0.222 e. The van der Waals surface area contributed by atoms with Gasteiger partial charge in [0.05, 0.1) is 11.6 Å². The van der Waals surface area contributed by atoms with Crippen LogP contribution >= 0.6 is 0 Å². The third kappa shape index (κ3) is 4.58. The Morgan fingerprint density at radius 1 is 0.974 bits per heavy atom. The van der Waals surface area contributed by atoms with Crippen LogP contribution in [0.15, 0.2) is 72.8 Å². The number of carbonyl (C=O) groups excluding carboxylic acids is 1. The molecule has 38 heavy (non-hydrogen) atoms. The molecule has 3 aromatic carbocycles. The van der Waals surface area contributed by atoms with Gasteiger partial charge in [-0.15, -0.1) is 0 Å². The fourth-order valence-corrected chi connectivity index (χ4v) is 5.92. The molecule has 0 atom stereocenters. The summed E-state index contributed by atoms with van der Waals surface area (Å²) < 4.78 is 28.6. The molecule has 3 heterocycles. The molecule has 2 saturated heterocycles. The lowest BCUT2D eigenvalue weighted by atomic mass is 9.89. The van der Waals surface area contributed by atoms with Crippen molar-refractivity contribution in [1.29, 1.82) is 0 Å². The minimum atomic E-state index is -0.246. The van der Waals surface area contributed by atoms with E-state index in [1.54, 1.807) is 0 Å². The van der Waals surface area contributed by atoms with Gasteiger partial charge in [0.2, 0.25) is 5.91 Å². The van der Waals surface area contributed by atoms with Gasteiger partial charge in [0.25, 0.3) is 0 Å². The Morgan fingerprint density at radius 3 is 2.42 bits per heavy atom. The highest BCUT2D eigenvalue weighted by molar-refractivity contribution is 6.01. The molecule has 2 fully saturated rings. The van der Waals surface area contributed by atoms with Crippen LogP contribution in [0.1, 0.15) is 49.4 Å². The van der Waals surface area contributed by atoms with Gasteiger partial charge in [-0.05, 0) is 42.2 Å². The number of carbonyl (C=O) groups is 1. The average Bonchev–Trinajstić information content (AvgIpc) is 3.28. The number of ether oxygens (including phenoxy) is 2. The smallest absolute Gasteiger partial charge is 0.222 e. The molecule has 6 heteroatoms. The highest BCUT2D eigenvalue weighted by Crippen LogP contribution is 2.47. The van der Waals surface area contributed by atoms with Crippen LogP contribution in [-0.2, 0) is 16.1 Å². The van der Waals surface area contributed by atoms with Crippen LogP contribution < -0.4 is 4.74 Å². The van der Waals surface area contributed by atoms with Gasteiger partial charge < -0.3 is 18.9 Å².